The fourth-order valence-electron chi connectivity index (χ4n) is 2.53. The standard InChI is InChI=1S/C19H15ClN2O3/c1-11-10-12(20)8-9-15(11)21-18(24)19(25)22-16-6-2-5-14-13(16)4-3-7-17(14)23/h2-10,23H,1H3,(H,21,24)(H,22,25). The predicted octanol–water partition coefficient (Wildman–Crippen LogP) is 4.08. The van der Waals surface area contributed by atoms with Crippen molar-refractivity contribution in [3.05, 3.63) is 65.2 Å². The van der Waals surface area contributed by atoms with Crippen molar-refractivity contribution in [3.63, 3.8) is 0 Å². The number of halogens is 1. The highest BCUT2D eigenvalue weighted by Crippen LogP contribution is 2.29. The molecule has 0 radical (unpaired) electrons. The van der Waals surface area contributed by atoms with Crippen molar-refractivity contribution in [2.24, 2.45) is 0 Å². The van der Waals surface area contributed by atoms with E-state index in [2.05, 4.69) is 10.6 Å². The third-order valence-corrected chi connectivity index (χ3v) is 4.03. The summed E-state index contributed by atoms with van der Waals surface area (Å²) >= 11 is 5.88. The number of anilines is 2. The molecule has 0 unspecified atom stereocenters. The number of phenolic OH excluding ortho intramolecular Hbond substituents is 1. The first-order valence-corrected chi connectivity index (χ1v) is 7.92. The lowest BCUT2D eigenvalue weighted by Crippen LogP contribution is -2.29. The highest BCUT2D eigenvalue weighted by molar-refractivity contribution is 6.44. The number of aryl methyl sites for hydroxylation is 1. The molecule has 0 aliphatic rings. The van der Waals surface area contributed by atoms with E-state index in [1.165, 1.54) is 0 Å². The molecule has 25 heavy (non-hydrogen) atoms. The third-order valence-electron chi connectivity index (χ3n) is 3.79. The number of hydrogen-bond donors (Lipinski definition) is 3. The molecular formula is C19H15ClN2O3. The van der Waals surface area contributed by atoms with Crippen molar-refractivity contribution in [1.82, 2.24) is 0 Å². The molecule has 0 spiro atoms. The van der Waals surface area contributed by atoms with Gasteiger partial charge < -0.3 is 15.7 Å². The number of fused-ring (bicyclic) bond motifs is 1. The maximum atomic E-state index is 12.2. The Bertz CT molecular complexity index is 986. The van der Waals surface area contributed by atoms with Crippen LogP contribution in [0, 0.1) is 6.92 Å². The number of benzene rings is 3. The van der Waals surface area contributed by atoms with Crippen molar-refractivity contribution in [2.45, 2.75) is 6.92 Å². The van der Waals surface area contributed by atoms with Gasteiger partial charge in [0.15, 0.2) is 0 Å². The van der Waals surface area contributed by atoms with Gasteiger partial charge in [0.2, 0.25) is 0 Å². The Hall–Kier alpha value is -3.05. The van der Waals surface area contributed by atoms with Gasteiger partial charge >= 0.3 is 11.8 Å². The first kappa shape index (κ1) is 16.8. The zero-order chi connectivity index (χ0) is 18.0. The highest BCUT2D eigenvalue weighted by Gasteiger charge is 2.16. The fourth-order valence-corrected chi connectivity index (χ4v) is 2.75. The van der Waals surface area contributed by atoms with E-state index < -0.39 is 11.8 Å². The van der Waals surface area contributed by atoms with Crippen LogP contribution in [-0.4, -0.2) is 16.9 Å². The predicted molar refractivity (Wildman–Crippen MR) is 99.1 cm³/mol. The Labute approximate surface area is 149 Å². The Balaban J connectivity index is 1.80. The molecule has 3 aromatic carbocycles. The summed E-state index contributed by atoms with van der Waals surface area (Å²) in [7, 11) is 0. The van der Waals surface area contributed by atoms with E-state index in [1.807, 2.05) is 0 Å². The smallest absolute Gasteiger partial charge is 0.314 e. The molecule has 0 bridgehead atoms. The second kappa shape index (κ2) is 6.83. The molecule has 0 aliphatic heterocycles. The molecular weight excluding hydrogens is 340 g/mol. The molecule has 0 aromatic heterocycles. The summed E-state index contributed by atoms with van der Waals surface area (Å²) in [6.07, 6.45) is 0. The van der Waals surface area contributed by atoms with Crippen molar-refractivity contribution >= 4 is 45.6 Å². The molecule has 0 atom stereocenters. The first-order valence-electron chi connectivity index (χ1n) is 7.55. The topological polar surface area (TPSA) is 78.4 Å². The van der Waals surface area contributed by atoms with E-state index in [9.17, 15) is 14.7 Å². The number of carbonyl (C=O) groups is 2. The van der Waals surface area contributed by atoms with E-state index in [0.29, 0.717) is 27.2 Å². The Morgan fingerprint density at radius 3 is 2.24 bits per heavy atom. The van der Waals surface area contributed by atoms with Gasteiger partial charge in [-0.2, -0.15) is 0 Å². The number of aromatic hydroxyl groups is 1. The van der Waals surface area contributed by atoms with Crippen LogP contribution in [0.4, 0.5) is 11.4 Å². The van der Waals surface area contributed by atoms with Crippen molar-refractivity contribution < 1.29 is 14.7 Å². The number of amides is 2. The largest absolute Gasteiger partial charge is 0.507 e. The van der Waals surface area contributed by atoms with Crippen molar-refractivity contribution in [1.29, 1.82) is 0 Å². The molecule has 3 rings (SSSR count). The summed E-state index contributed by atoms with van der Waals surface area (Å²) in [6.45, 7) is 1.78. The van der Waals surface area contributed by atoms with Crippen LogP contribution in [0.1, 0.15) is 5.56 Å². The monoisotopic (exact) mass is 354 g/mol. The zero-order valence-electron chi connectivity index (χ0n) is 13.3. The van der Waals surface area contributed by atoms with Gasteiger partial charge in [0.25, 0.3) is 0 Å². The second-order valence-electron chi connectivity index (χ2n) is 5.55. The van der Waals surface area contributed by atoms with Gasteiger partial charge in [0.1, 0.15) is 5.75 Å². The average Bonchev–Trinajstić information content (AvgIpc) is 2.58. The molecule has 5 nitrogen and oxygen atoms in total. The molecule has 0 saturated carbocycles. The maximum absolute atomic E-state index is 12.2. The van der Waals surface area contributed by atoms with Crippen LogP contribution in [0.25, 0.3) is 10.8 Å². The Morgan fingerprint density at radius 1 is 0.880 bits per heavy atom. The molecule has 6 heteroatoms. The van der Waals surface area contributed by atoms with E-state index in [4.69, 9.17) is 11.6 Å². The van der Waals surface area contributed by atoms with Crippen LogP contribution in [0.3, 0.4) is 0 Å². The second-order valence-corrected chi connectivity index (χ2v) is 5.98. The summed E-state index contributed by atoms with van der Waals surface area (Å²) < 4.78 is 0. The number of hydrogen-bond acceptors (Lipinski definition) is 3. The summed E-state index contributed by atoms with van der Waals surface area (Å²) in [5.41, 5.74) is 1.71. The molecule has 126 valence electrons. The van der Waals surface area contributed by atoms with E-state index in [0.717, 1.165) is 5.56 Å². The molecule has 0 saturated heterocycles. The number of carbonyl (C=O) groups excluding carboxylic acids is 2. The molecule has 0 fully saturated rings. The van der Waals surface area contributed by atoms with Crippen LogP contribution < -0.4 is 10.6 Å². The summed E-state index contributed by atoms with van der Waals surface area (Å²) in [6, 6.07) is 15.0. The van der Waals surface area contributed by atoms with E-state index >= 15 is 0 Å². The Kier molecular flexibility index (Phi) is 4.59. The van der Waals surface area contributed by atoms with Gasteiger partial charge in [-0.3, -0.25) is 9.59 Å². The van der Waals surface area contributed by atoms with Crippen LogP contribution in [0.5, 0.6) is 5.75 Å². The van der Waals surface area contributed by atoms with Gasteiger partial charge in [-0.05, 0) is 42.8 Å². The van der Waals surface area contributed by atoms with Crippen LogP contribution in [0.15, 0.2) is 54.6 Å². The van der Waals surface area contributed by atoms with Gasteiger partial charge in [0.05, 0.1) is 0 Å². The lowest BCUT2D eigenvalue weighted by Gasteiger charge is -2.11. The normalized spacial score (nSPS) is 10.5. The van der Waals surface area contributed by atoms with E-state index in [1.54, 1.807) is 61.5 Å². The highest BCUT2D eigenvalue weighted by atomic mass is 35.5. The van der Waals surface area contributed by atoms with Gasteiger partial charge in [0, 0.05) is 27.2 Å². The van der Waals surface area contributed by atoms with Crippen LogP contribution >= 0.6 is 11.6 Å². The summed E-state index contributed by atoms with van der Waals surface area (Å²) in [5, 5.41) is 16.8. The SMILES string of the molecule is Cc1cc(Cl)ccc1NC(=O)C(=O)Nc1cccc2c(O)cccc12. The van der Waals surface area contributed by atoms with Gasteiger partial charge in [-0.25, -0.2) is 0 Å². The molecule has 2 amide bonds. The lowest BCUT2D eigenvalue weighted by molar-refractivity contribution is -0.132. The zero-order valence-corrected chi connectivity index (χ0v) is 14.1. The third kappa shape index (κ3) is 3.56. The lowest BCUT2D eigenvalue weighted by atomic mass is 10.1. The molecule has 3 N–H and O–H groups in total. The molecule has 0 aliphatic carbocycles. The van der Waals surface area contributed by atoms with Gasteiger partial charge in [-0.1, -0.05) is 35.9 Å². The molecule has 3 aromatic rings. The quantitative estimate of drug-likeness (QED) is 0.607. The maximum Gasteiger partial charge on any atom is 0.314 e. The minimum atomic E-state index is -0.801. The minimum Gasteiger partial charge on any atom is -0.507 e. The Morgan fingerprint density at radius 2 is 1.52 bits per heavy atom. The first-order chi connectivity index (χ1) is 12.0. The number of rotatable bonds is 2. The van der Waals surface area contributed by atoms with Crippen LogP contribution in [0.2, 0.25) is 5.02 Å². The average molecular weight is 355 g/mol. The summed E-state index contributed by atoms with van der Waals surface area (Å²) in [4.78, 5) is 24.4. The van der Waals surface area contributed by atoms with Gasteiger partial charge in [-0.15, -0.1) is 0 Å². The number of phenols is 1. The van der Waals surface area contributed by atoms with Crippen LogP contribution in [-0.2, 0) is 9.59 Å². The minimum absolute atomic E-state index is 0.106. The van der Waals surface area contributed by atoms with E-state index in [-0.39, 0.29) is 5.75 Å². The van der Waals surface area contributed by atoms with Crippen molar-refractivity contribution in [3.8, 4) is 5.75 Å². The summed E-state index contributed by atoms with van der Waals surface area (Å²) in [5.74, 6) is -1.48. The van der Waals surface area contributed by atoms with Crippen molar-refractivity contribution in [2.75, 3.05) is 10.6 Å². The number of nitrogens with one attached hydrogen (secondary N) is 2. The molecule has 0 heterocycles. The fraction of sp³-hybridized carbons (Fsp3) is 0.0526.